The minimum atomic E-state index is -0.280. The van der Waals surface area contributed by atoms with Crippen molar-refractivity contribution in [1.82, 2.24) is 14.1 Å². The van der Waals surface area contributed by atoms with Crippen molar-refractivity contribution in [3.05, 3.63) is 71.4 Å². The largest absolute Gasteiger partial charge is 0.454 e. The van der Waals surface area contributed by atoms with E-state index in [1.54, 1.807) is 36.1 Å². The van der Waals surface area contributed by atoms with Crippen molar-refractivity contribution in [2.45, 2.75) is 13.1 Å². The fourth-order valence-corrected chi connectivity index (χ4v) is 3.85. The number of carbonyl (C=O) groups excluding carboxylic acids is 1. The van der Waals surface area contributed by atoms with Gasteiger partial charge < -0.3 is 24.1 Å². The van der Waals surface area contributed by atoms with Gasteiger partial charge in [-0.25, -0.2) is 4.98 Å². The molecule has 0 saturated heterocycles. The molecule has 0 fully saturated rings. The average molecular weight is 446 g/mol. The lowest BCUT2D eigenvalue weighted by Crippen LogP contribution is -2.26. The first-order chi connectivity index (χ1) is 16.1. The average Bonchev–Trinajstić information content (AvgIpc) is 3.44. The van der Waals surface area contributed by atoms with Gasteiger partial charge in [0.05, 0.1) is 19.5 Å². The third kappa shape index (κ3) is 4.06. The van der Waals surface area contributed by atoms with Crippen LogP contribution in [0, 0.1) is 0 Å². The van der Waals surface area contributed by atoms with Crippen LogP contribution < -0.4 is 20.3 Å². The van der Waals surface area contributed by atoms with Gasteiger partial charge in [0.15, 0.2) is 11.5 Å². The number of methoxy groups -OCH3 is 1. The summed E-state index contributed by atoms with van der Waals surface area (Å²) in [4.78, 5) is 30.7. The molecule has 3 heterocycles. The monoisotopic (exact) mass is 446 g/mol. The van der Waals surface area contributed by atoms with E-state index >= 15 is 0 Å². The summed E-state index contributed by atoms with van der Waals surface area (Å²) in [5.41, 5.74) is 2.98. The number of fused-ring (bicyclic) bond motifs is 2. The minimum Gasteiger partial charge on any atom is -0.454 e. The Morgan fingerprint density at radius 3 is 2.76 bits per heavy atom. The first-order valence-corrected chi connectivity index (χ1v) is 10.5. The van der Waals surface area contributed by atoms with Gasteiger partial charge in [-0.1, -0.05) is 30.3 Å². The van der Waals surface area contributed by atoms with Crippen LogP contribution in [0.25, 0.3) is 22.2 Å². The molecule has 1 aliphatic rings. The molecule has 0 unspecified atom stereocenters. The van der Waals surface area contributed by atoms with Gasteiger partial charge >= 0.3 is 0 Å². The van der Waals surface area contributed by atoms with Gasteiger partial charge in [0.2, 0.25) is 12.7 Å². The van der Waals surface area contributed by atoms with Gasteiger partial charge in [0.1, 0.15) is 17.6 Å². The number of amides is 1. The third-order valence-corrected chi connectivity index (χ3v) is 5.43. The molecule has 0 saturated carbocycles. The molecule has 1 aliphatic heterocycles. The molecule has 0 spiro atoms. The van der Waals surface area contributed by atoms with Crippen LogP contribution in [0.4, 0.5) is 5.69 Å². The topological polar surface area (TPSA) is 96.6 Å². The van der Waals surface area contributed by atoms with Gasteiger partial charge in [0.25, 0.3) is 5.56 Å². The van der Waals surface area contributed by atoms with Gasteiger partial charge in [0, 0.05) is 30.6 Å². The van der Waals surface area contributed by atoms with Gasteiger partial charge in [-0.05, 0) is 17.7 Å². The Morgan fingerprint density at radius 2 is 1.94 bits per heavy atom. The summed E-state index contributed by atoms with van der Waals surface area (Å²) in [5, 5.41) is 2.86. The molecular formula is C24H22N4O5. The van der Waals surface area contributed by atoms with E-state index in [9.17, 15) is 9.59 Å². The standard InChI is InChI=1S/C24H22N4O5/c1-31-10-9-27-14-25-22-18(16-5-3-2-4-6-16)12-28(23(22)24(27)30)13-21(29)26-17-7-8-19-20(11-17)33-15-32-19/h2-8,11-12,14H,9-10,13,15H2,1H3,(H,26,29). The van der Waals surface area contributed by atoms with Crippen LogP contribution in [-0.2, 0) is 22.6 Å². The molecular weight excluding hydrogens is 424 g/mol. The summed E-state index contributed by atoms with van der Waals surface area (Å²) < 4.78 is 18.9. The predicted octanol–water partition coefficient (Wildman–Crippen LogP) is 2.88. The maximum absolute atomic E-state index is 13.3. The van der Waals surface area contributed by atoms with E-state index in [0.29, 0.717) is 41.4 Å². The molecule has 0 radical (unpaired) electrons. The van der Waals surface area contributed by atoms with E-state index in [1.165, 1.54) is 10.9 Å². The van der Waals surface area contributed by atoms with Crippen molar-refractivity contribution in [2.24, 2.45) is 0 Å². The zero-order valence-electron chi connectivity index (χ0n) is 18.0. The first-order valence-electron chi connectivity index (χ1n) is 10.5. The highest BCUT2D eigenvalue weighted by atomic mass is 16.7. The van der Waals surface area contributed by atoms with Crippen molar-refractivity contribution < 1.29 is 19.0 Å². The second-order valence-electron chi connectivity index (χ2n) is 7.59. The Morgan fingerprint density at radius 1 is 1.12 bits per heavy atom. The Hall–Kier alpha value is -4.11. The summed E-state index contributed by atoms with van der Waals surface area (Å²) in [6.07, 6.45) is 3.32. The molecule has 2 aromatic heterocycles. The summed E-state index contributed by atoms with van der Waals surface area (Å²) in [5.74, 6) is 0.937. The zero-order valence-corrected chi connectivity index (χ0v) is 18.0. The summed E-state index contributed by atoms with van der Waals surface area (Å²) in [6, 6.07) is 14.9. The van der Waals surface area contributed by atoms with Crippen LogP contribution in [0.2, 0.25) is 0 Å². The lowest BCUT2D eigenvalue weighted by atomic mass is 10.1. The van der Waals surface area contributed by atoms with Gasteiger partial charge in [-0.15, -0.1) is 0 Å². The number of nitrogens with one attached hydrogen (secondary N) is 1. The second kappa shape index (κ2) is 8.79. The van der Waals surface area contributed by atoms with Crippen LogP contribution in [0.5, 0.6) is 11.5 Å². The molecule has 9 nitrogen and oxygen atoms in total. The number of benzene rings is 2. The van der Waals surface area contributed by atoms with Crippen LogP contribution in [0.1, 0.15) is 0 Å². The minimum absolute atomic E-state index is 0.0526. The van der Waals surface area contributed by atoms with E-state index in [0.717, 1.165) is 11.1 Å². The highest BCUT2D eigenvalue weighted by molar-refractivity contribution is 5.95. The normalized spacial score (nSPS) is 12.3. The number of ether oxygens (including phenoxy) is 3. The number of hydrogen-bond donors (Lipinski definition) is 1. The van der Waals surface area contributed by atoms with Crippen LogP contribution in [0.3, 0.4) is 0 Å². The van der Waals surface area contributed by atoms with E-state index in [4.69, 9.17) is 14.2 Å². The number of carbonyl (C=O) groups is 1. The van der Waals surface area contributed by atoms with E-state index in [2.05, 4.69) is 10.3 Å². The Kier molecular flexibility index (Phi) is 5.54. The Bertz CT molecular complexity index is 1380. The predicted molar refractivity (Wildman–Crippen MR) is 122 cm³/mol. The number of rotatable bonds is 7. The third-order valence-electron chi connectivity index (χ3n) is 5.43. The molecule has 0 bridgehead atoms. The van der Waals surface area contributed by atoms with Crippen molar-refractivity contribution in [1.29, 1.82) is 0 Å². The van der Waals surface area contributed by atoms with E-state index in [1.807, 2.05) is 30.3 Å². The molecule has 1 amide bonds. The maximum Gasteiger partial charge on any atom is 0.277 e. The number of aromatic nitrogens is 3. The van der Waals surface area contributed by atoms with E-state index in [-0.39, 0.29) is 24.8 Å². The molecule has 168 valence electrons. The van der Waals surface area contributed by atoms with Crippen LogP contribution in [0.15, 0.2) is 65.8 Å². The lowest BCUT2D eigenvalue weighted by Gasteiger charge is -2.09. The highest BCUT2D eigenvalue weighted by Crippen LogP contribution is 2.34. The molecule has 5 rings (SSSR count). The van der Waals surface area contributed by atoms with Gasteiger partial charge in [-0.2, -0.15) is 0 Å². The summed E-state index contributed by atoms with van der Waals surface area (Å²) >= 11 is 0. The molecule has 4 aromatic rings. The zero-order chi connectivity index (χ0) is 22.8. The molecule has 33 heavy (non-hydrogen) atoms. The van der Waals surface area contributed by atoms with Gasteiger partial charge in [-0.3, -0.25) is 14.2 Å². The summed E-state index contributed by atoms with van der Waals surface area (Å²) in [6.45, 7) is 0.854. The second-order valence-corrected chi connectivity index (χ2v) is 7.59. The Labute approximate surface area is 189 Å². The lowest BCUT2D eigenvalue weighted by molar-refractivity contribution is -0.116. The summed E-state index contributed by atoms with van der Waals surface area (Å²) in [7, 11) is 1.58. The SMILES string of the molecule is COCCn1cnc2c(-c3ccccc3)cn(CC(=O)Nc3ccc4c(c3)OCO4)c2c1=O. The smallest absolute Gasteiger partial charge is 0.277 e. The van der Waals surface area contributed by atoms with Crippen molar-refractivity contribution in [3.8, 4) is 22.6 Å². The number of nitrogens with zero attached hydrogens (tertiary/aromatic N) is 3. The Balaban J connectivity index is 1.50. The van der Waals surface area contributed by atoms with Crippen molar-refractivity contribution in [2.75, 3.05) is 25.8 Å². The number of anilines is 1. The number of hydrogen-bond acceptors (Lipinski definition) is 6. The van der Waals surface area contributed by atoms with Crippen LogP contribution >= 0.6 is 0 Å². The fourth-order valence-electron chi connectivity index (χ4n) is 3.85. The quantitative estimate of drug-likeness (QED) is 0.469. The molecule has 2 aromatic carbocycles. The molecule has 0 atom stereocenters. The first kappa shape index (κ1) is 20.8. The van der Waals surface area contributed by atoms with Crippen molar-refractivity contribution >= 4 is 22.6 Å². The highest BCUT2D eigenvalue weighted by Gasteiger charge is 2.19. The molecule has 0 aliphatic carbocycles. The van der Waals surface area contributed by atoms with Crippen molar-refractivity contribution in [3.63, 3.8) is 0 Å². The molecule has 1 N–H and O–H groups in total. The van der Waals surface area contributed by atoms with E-state index < -0.39 is 0 Å². The maximum atomic E-state index is 13.3. The fraction of sp³-hybridized carbons (Fsp3) is 0.208. The molecule has 9 heteroatoms. The van der Waals surface area contributed by atoms with Crippen LogP contribution in [-0.4, -0.2) is 40.5 Å².